The average Bonchev–Trinajstić information content (AvgIpc) is 3.75. The van der Waals surface area contributed by atoms with Crippen LogP contribution in [0.1, 0.15) is 47.1 Å². The lowest BCUT2D eigenvalue weighted by molar-refractivity contribution is 0.782. The summed E-state index contributed by atoms with van der Waals surface area (Å²) in [7, 11) is 0. The maximum absolute atomic E-state index is 4.64. The van der Waals surface area contributed by atoms with Gasteiger partial charge in [0, 0.05) is 29.2 Å². The molecule has 0 bridgehead atoms. The third-order valence-electron chi connectivity index (χ3n) is 12.9. The molecule has 59 heavy (non-hydrogen) atoms. The molecular formula is C56H45N3. The number of allylic oxidation sites excluding steroid dienone is 6. The number of anilines is 7. The summed E-state index contributed by atoms with van der Waals surface area (Å²) in [4.78, 5) is 7.45. The van der Waals surface area contributed by atoms with Crippen molar-refractivity contribution in [3.05, 3.63) is 240 Å². The Hall–Kier alpha value is -7.10. The molecule has 1 unspecified atom stereocenters. The van der Waals surface area contributed by atoms with Crippen LogP contribution in [0.25, 0.3) is 16.7 Å². The maximum Gasteiger partial charge on any atom is 0.0722 e. The molecule has 0 N–H and O–H groups in total. The molecule has 0 saturated heterocycles. The first-order valence-electron chi connectivity index (χ1n) is 20.9. The zero-order valence-electron chi connectivity index (χ0n) is 33.4. The Kier molecular flexibility index (Phi) is 8.37. The summed E-state index contributed by atoms with van der Waals surface area (Å²) in [5.74, 6) is 0. The number of hydrogen-bond acceptors (Lipinski definition) is 3. The Balaban J connectivity index is 1.13. The number of para-hydroxylation sites is 6. The Labute approximate surface area is 347 Å². The molecule has 1 heterocycles. The van der Waals surface area contributed by atoms with Crippen molar-refractivity contribution in [2.45, 2.75) is 31.6 Å². The maximum atomic E-state index is 4.64. The van der Waals surface area contributed by atoms with E-state index in [4.69, 9.17) is 0 Å². The van der Waals surface area contributed by atoms with Gasteiger partial charge in [-0.15, -0.1) is 0 Å². The molecule has 4 aliphatic rings. The minimum absolute atomic E-state index is 0.518. The van der Waals surface area contributed by atoms with Gasteiger partial charge in [0.2, 0.25) is 0 Å². The van der Waals surface area contributed by atoms with Gasteiger partial charge in [-0.25, -0.2) is 0 Å². The SMILES string of the molecule is C=CC1=C(CCN(C2=CC=CCC2)c2ccccc2)c2ccc(C)cc2C12c1ccccc1-c1c(N3c4ccccc4N(c4ccccc4)c4ccccc43)cccc12. The van der Waals surface area contributed by atoms with Gasteiger partial charge >= 0.3 is 0 Å². The summed E-state index contributed by atoms with van der Waals surface area (Å²) >= 11 is 0. The second-order valence-electron chi connectivity index (χ2n) is 16.0. The predicted octanol–water partition coefficient (Wildman–Crippen LogP) is 14.6. The molecule has 0 saturated carbocycles. The molecular weight excluding hydrogens is 715 g/mol. The number of rotatable bonds is 8. The van der Waals surface area contributed by atoms with E-state index in [1.54, 1.807) is 0 Å². The van der Waals surface area contributed by atoms with Gasteiger partial charge in [0.05, 0.1) is 33.9 Å². The van der Waals surface area contributed by atoms with Gasteiger partial charge < -0.3 is 14.7 Å². The average molecular weight is 760 g/mol. The quantitative estimate of drug-likeness (QED) is 0.153. The molecule has 3 nitrogen and oxygen atoms in total. The normalized spacial score (nSPS) is 16.9. The molecule has 3 aliphatic carbocycles. The van der Waals surface area contributed by atoms with Crippen LogP contribution in [0.3, 0.4) is 0 Å². The second kappa shape index (κ2) is 14.1. The van der Waals surface area contributed by atoms with Gasteiger partial charge in [-0.05, 0) is 126 Å². The number of aryl methyl sites for hydroxylation is 1. The molecule has 0 amide bonds. The van der Waals surface area contributed by atoms with Crippen LogP contribution in [0.4, 0.5) is 39.8 Å². The minimum atomic E-state index is -0.518. The highest BCUT2D eigenvalue weighted by Crippen LogP contribution is 2.65. The van der Waals surface area contributed by atoms with E-state index in [-0.39, 0.29) is 0 Å². The van der Waals surface area contributed by atoms with E-state index in [1.165, 1.54) is 67.2 Å². The molecule has 1 spiro atoms. The van der Waals surface area contributed by atoms with Gasteiger partial charge in [0.25, 0.3) is 0 Å². The second-order valence-corrected chi connectivity index (χ2v) is 16.0. The van der Waals surface area contributed by atoms with E-state index in [0.717, 1.165) is 54.2 Å². The molecule has 3 heteroatoms. The van der Waals surface area contributed by atoms with Crippen molar-refractivity contribution in [2.75, 3.05) is 21.2 Å². The highest BCUT2D eigenvalue weighted by atomic mass is 15.3. The van der Waals surface area contributed by atoms with Crippen LogP contribution in [0, 0.1) is 6.92 Å². The van der Waals surface area contributed by atoms with E-state index in [1.807, 2.05) is 0 Å². The third-order valence-corrected chi connectivity index (χ3v) is 12.9. The number of hydrogen-bond donors (Lipinski definition) is 0. The van der Waals surface area contributed by atoms with Crippen LogP contribution in [0.5, 0.6) is 0 Å². The summed E-state index contributed by atoms with van der Waals surface area (Å²) in [6.07, 6.45) is 12.0. The molecule has 284 valence electrons. The third kappa shape index (κ3) is 5.27. The summed E-state index contributed by atoms with van der Waals surface area (Å²) < 4.78 is 0. The fourth-order valence-electron chi connectivity index (χ4n) is 10.5. The highest BCUT2D eigenvalue weighted by molar-refractivity contribution is 6.07. The highest BCUT2D eigenvalue weighted by Gasteiger charge is 2.53. The predicted molar refractivity (Wildman–Crippen MR) is 248 cm³/mol. The van der Waals surface area contributed by atoms with Gasteiger partial charge in [-0.3, -0.25) is 0 Å². The van der Waals surface area contributed by atoms with Crippen molar-refractivity contribution in [1.29, 1.82) is 0 Å². The van der Waals surface area contributed by atoms with Crippen LogP contribution < -0.4 is 14.7 Å². The summed E-state index contributed by atoms with van der Waals surface area (Å²) in [5.41, 5.74) is 20.8. The van der Waals surface area contributed by atoms with Crippen LogP contribution >= 0.6 is 0 Å². The monoisotopic (exact) mass is 759 g/mol. The molecule has 7 aromatic rings. The van der Waals surface area contributed by atoms with Gasteiger partial charge in [-0.2, -0.15) is 0 Å². The van der Waals surface area contributed by atoms with Crippen molar-refractivity contribution in [3.8, 4) is 11.1 Å². The lowest BCUT2D eigenvalue weighted by Crippen LogP contribution is -2.27. The van der Waals surface area contributed by atoms with Crippen molar-refractivity contribution in [2.24, 2.45) is 0 Å². The zero-order valence-corrected chi connectivity index (χ0v) is 33.4. The smallest absolute Gasteiger partial charge is 0.0722 e. The minimum Gasteiger partial charge on any atom is -0.345 e. The zero-order chi connectivity index (χ0) is 39.5. The van der Waals surface area contributed by atoms with Gasteiger partial charge in [0.1, 0.15) is 0 Å². The van der Waals surface area contributed by atoms with Gasteiger partial charge in [0.15, 0.2) is 0 Å². The Morgan fingerprint density at radius 2 is 1.24 bits per heavy atom. The molecule has 11 rings (SSSR count). The topological polar surface area (TPSA) is 9.72 Å². The molecule has 0 radical (unpaired) electrons. The van der Waals surface area contributed by atoms with Crippen LogP contribution in [0.15, 0.2) is 212 Å². The van der Waals surface area contributed by atoms with E-state index in [2.05, 4.69) is 222 Å². The first-order valence-corrected chi connectivity index (χ1v) is 20.9. The molecule has 1 atom stereocenters. The fraction of sp³-hybridized carbons (Fsp3) is 0.107. The number of nitrogens with zero attached hydrogens (tertiary/aromatic N) is 3. The summed E-state index contributed by atoms with van der Waals surface area (Å²) in [6.45, 7) is 7.74. The first kappa shape index (κ1) is 35.1. The molecule has 7 aromatic carbocycles. The van der Waals surface area contributed by atoms with E-state index >= 15 is 0 Å². The van der Waals surface area contributed by atoms with Crippen LogP contribution in [-0.2, 0) is 5.41 Å². The number of benzene rings is 7. The van der Waals surface area contributed by atoms with Crippen molar-refractivity contribution >= 4 is 45.4 Å². The lowest BCUT2D eigenvalue weighted by Gasteiger charge is -2.41. The van der Waals surface area contributed by atoms with E-state index in [9.17, 15) is 0 Å². The lowest BCUT2D eigenvalue weighted by atomic mass is 9.69. The van der Waals surface area contributed by atoms with Crippen molar-refractivity contribution in [3.63, 3.8) is 0 Å². The van der Waals surface area contributed by atoms with Gasteiger partial charge in [-0.1, -0.05) is 146 Å². The molecule has 0 aromatic heterocycles. The summed E-state index contributed by atoms with van der Waals surface area (Å²) in [6, 6.07) is 62.6. The Morgan fingerprint density at radius 1 is 0.610 bits per heavy atom. The van der Waals surface area contributed by atoms with Crippen molar-refractivity contribution in [1.82, 2.24) is 0 Å². The molecule has 0 fully saturated rings. The Morgan fingerprint density at radius 3 is 1.93 bits per heavy atom. The van der Waals surface area contributed by atoms with Crippen LogP contribution in [-0.4, -0.2) is 6.54 Å². The fourth-order valence-corrected chi connectivity index (χ4v) is 10.5. The van der Waals surface area contributed by atoms with Crippen molar-refractivity contribution < 1.29 is 0 Å². The first-order chi connectivity index (χ1) is 29.2. The molecule has 1 aliphatic heterocycles. The van der Waals surface area contributed by atoms with E-state index < -0.39 is 5.41 Å². The van der Waals surface area contributed by atoms with E-state index in [0.29, 0.717) is 0 Å². The summed E-state index contributed by atoms with van der Waals surface area (Å²) in [5, 5.41) is 0. The standard InChI is InChI=1S/C56H45N3/c1-3-46-44(36-37-57(40-20-7-4-8-21-40)41-22-9-5-10-23-41)43-35-34-39(2)38-49(43)56(46)47-27-14-13-26-45(47)55-48(56)28-19-33-54(55)59-52-31-17-15-29-50(52)58(42-24-11-6-12-25-42)51-30-16-18-32-53(51)59/h3-9,11-22,24-35,38H,1,10,23,36-37H2,2H3. The number of fused-ring (bicyclic) bond motifs is 9. The largest absolute Gasteiger partial charge is 0.345 e. The Bertz CT molecular complexity index is 2830. The van der Waals surface area contributed by atoms with Crippen LogP contribution in [0.2, 0.25) is 0 Å².